The molecule has 0 aromatic heterocycles. The molecule has 0 bridgehead atoms. The van der Waals surface area contributed by atoms with Gasteiger partial charge in [0.1, 0.15) is 0 Å². The number of hydrogen-bond donors (Lipinski definition) is 9. The largest absolute Gasteiger partial charge is 0.481 e. The topological polar surface area (TPSA) is 218 Å². The van der Waals surface area contributed by atoms with E-state index in [9.17, 15) is 29.4 Å². The highest BCUT2D eigenvalue weighted by atomic mass is 16.4. The van der Waals surface area contributed by atoms with Crippen LogP contribution in [0.3, 0.4) is 0 Å². The molecule has 0 saturated heterocycles. The fourth-order valence-electron chi connectivity index (χ4n) is 4.56. The van der Waals surface area contributed by atoms with Gasteiger partial charge in [0.05, 0.1) is 19.6 Å². The highest BCUT2D eigenvalue weighted by molar-refractivity contribution is 5.79. The third kappa shape index (κ3) is 20.9. The maximum atomic E-state index is 11.9. The van der Waals surface area contributed by atoms with Crippen molar-refractivity contribution in [3.8, 4) is 0 Å². The van der Waals surface area contributed by atoms with Gasteiger partial charge in [0.2, 0.25) is 11.8 Å². The van der Waals surface area contributed by atoms with E-state index in [1.54, 1.807) is 0 Å². The van der Waals surface area contributed by atoms with Crippen LogP contribution in [0.4, 0.5) is 0 Å². The molecule has 4 aromatic carbocycles. The van der Waals surface area contributed by atoms with Crippen LogP contribution in [-0.4, -0.2) is 80.7 Å². The van der Waals surface area contributed by atoms with E-state index < -0.39 is 24.5 Å². The molecule has 4 aromatic rings. The van der Waals surface area contributed by atoms with Gasteiger partial charge in [-0.2, -0.15) is 0 Å². The van der Waals surface area contributed by atoms with Crippen LogP contribution in [-0.2, 0) is 45.4 Å². The highest BCUT2D eigenvalue weighted by Gasteiger charge is 2.16. The van der Waals surface area contributed by atoms with Crippen molar-refractivity contribution in [3.63, 3.8) is 0 Å². The molecule has 13 heteroatoms. The summed E-state index contributed by atoms with van der Waals surface area (Å²) >= 11 is 0. The molecule has 0 fully saturated rings. The Morgan fingerprint density at radius 3 is 1.02 bits per heavy atom. The van der Waals surface area contributed by atoms with E-state index in [-0.39, 0.29) is 50.0 Å². The highest BCUT2D eigenvalue weighted by Crippen LogP contribution is 2.03. The summed E-state index contributed by atoms with van der Waals surface area (Å²) in [5.41, 5.74) is 4.39. The Morgan fingerprint density at radius 1 is 0.472 bits per heavy atom. The predicted octanol–water partition coefficient (Wildman–Crippen LogP) is 2.59. The number of amides is 2. The predicted molar refractivity (Wildman–Crippen MR) is 200 cm³/mol. The first-order valence-corrected chi connectivity index (χ1v) is 17.1. The minimum absolute atomic E-state index is 0.0639. The summed E-state index contributed by atoms with van der Waals surface area (Å²) in [5, 5.41) is 55.1. The van der Waals surface area contributed by atoms with Crippen molar-refractivity contribution < 1.29 is 44.7 Å². The van der Waals surface area contributed by atoms with Crippen LogP contribution in [0, 0.1) is 0 Å². The van der Waals surface area contributed by atoms with E-state index in [0.717, 1.165) is 22.3 Å². The van der Waals surface area contributed by atoms with Crippen LogP contribution in [0.1, 0.15) is 41.5 Å². The molecule has 0 heterocycles. The normalized spacial score (nSPS) is 12.0. The lowest BCUT2D eigenvalue weighted by molar-refractivity contribution is -0.152. The van der Waals surface area contributed by atoms with Gasteiger partial charge in [-0.15, -0.1) is 0 Å². The van der Waals surface area contributed by atoms with Crippen LogP contribution in [0.2, 0.25) is 0 Å². The van der Waals surface area contributed by atoms with Crippen LogP contribution in [0.15, 0.2) is 121 Å². The molecule has 3 unspecified atom stereocenters. The Labute approximate surface area is 309 Å². The Kier molecular flexibility index (Phi) is 21.7. The summed E-state index contributed by atoms with van der Waals surface area (Å²) in [5.74, 6) is -2.98. The van der Waals surface area contributed by atoms with Gasteiger partial charge in [-0.1, -0.05) is 121 Å². The van der Waals surface area contributed by atoms with Crippen LogP contribution < -0.4 is 21.3 Å². The van der Waals surface area contributed by atoms with Crippen molar-refractivity contribution in [1.82, 2.24) is 21.3 Å². The fourth-order valence-corrected chi connectivity index (χ4v) is 4.56. The standard InChI is InChI=1S/2C18H22N2O2.C4H6O5/c2*21-14-17(19-12-15-7-3-1-4-8-15)11-18(22)20-13-16-9-5-2-6-10-16;5-2(4(8)9)1-3(6)7/h2*1-10,17,19,21H,11-14H2,(H,20,22);2,5H,1H2,(H,6,7)(H,8,9). The van der Waals surface area contributed by atoms with E-state index in [0.29, 0.717) is 26.2 Å². The zero-order valence-corrected chi connectivity index (χ0v) is 29.5. The molecule has 13 nitrogen and oxygen atoms in total. The number of nitrogens with one attached hydrogen (secondary N) is 4. The first-order valence-electron chi connectivity index (χ1n) is 17.1. The first-order chi connectivity index (χ1) is 25.6. The number of carboxylic acid groups (broad SMARTS) is 2. The lowest BCUT2D eigenvalue weighted by Crippen LogP contribution is -2.37. The van der Waals surface area contributed by atoms with Crippen LogP contribution in [0.25, 0.3) is 0 Å². The number of aliphatic hydroxyl groups is 3. The number of rotatable bonds is 19. The van der Waals surface area contributed by atoms with Crippen molar-refractivity contribution in [3.05, 3.63) is 144 Å². The summed E-state index contributed by atoms with van der Waals surface area (Å²) in [6.07, 6.45) is -2.02. The lowest BCUT2D eigenvalue weighted by Gasteiger charge is -2.16. The molecule has 3 atom stereocenters. The smallest absolute Gasteiger partial charge is 0.333 e. The van der Waals surface area contributed by atoms with Crippen molar-refractivity contribution in [2.45, 2.75) is 63.6 Å². The Morgan fingerprint density at radius 2 is 0.774 bits per heavy atom. The van der Waals surface area contributed by atoms with Gasteiger partial charge in [0, 0.05) is 51.1 Å². The number of carbonyl (C=O) groups is 4. The number of aliphatic carboxylic acids is 2. The third-order valence-corrected chi connectivity index (χ3v) is 7.50. The van der Waals surface area contributed by atoms with Gasteiger partial charge in [-0.25, -0.2) is 4.79 Å². The molecule has 0 aliphatic heterocycles. The molecular weight excluding hydrogens is 680 g/mol. The van der Waals surface area contributed by atoms with Crippen molar-refractivity contribution in [2.24, 2.45) is 0 Å². The van der Waals surface area contributed by atoms with Gasteiger partial charge in [0.25, 0.3) is 0 Å². The number of aliphatic hydroxyl groups excluding tert-OH is 3. The first kappa shape index (κ1) is 43.7. The third-order valence-electron chi connectivity index (χ3n) is 7.50. The molecule has 0 aliphatic rings. The summed E-state index contributed by atoms with van der Waals surface area (Å²) in [7, 11) is 0. The number of carbonyl (C=O) groups excluding carboxylic acids is 2. The zero-order valence-electron chi connectivity index (χ0n) is 29.5. The minimum Gasteiger partial charge on any atom is -0.481 e. The summed E-state index contributed by atoms with van der Waals surface area (Å²) in [4.78, 5) is 43.3. The van der Waals surface area contributed by atoms with Crippen molar-refractivity contribution >= 4 is 23.8 Å². The Bertz CT molecular complexity index is 1490. The van der Waals surface area contributed by atoms with Crippen molar-refractivity contribution in [2.75, 3.05) is 13.2 Å². The van der Waals surface area contributed by atoms with Crippen LogP contribution in [0.5, 0.6) is 0 Å². The molecule has 0 saturated carbocycles. The molecule has 53 heavy (non-hydrogen) atoms. The van der Waals surface area contributed by atoms with Gasteiger partial charge in [-0.3, -0.25) is 14.4 Å². The molecule has 4 rings (SSSR count). The van der Waals surface area contributed by atoms with Crippen LogP contribution >= 0.6 is 0 Å². The molecule has 0 spiro atoms. The summed E-state index contributed by atoms with van der Waals surface area (Å²) < 4.78 is 0. The SMILES string of the molecule is O=C(CC(CO)NCc1ccccc1)NCc1ccccc1.O=C(CC(CO)NCc1ccccc1)NCc1ccccc1.O=C(O)CC(O)C(=O)O. The van der Waals surface area contributed by atoms with Gasteiger partial charge < -0.3 is 46.8 Å². The number of carboxylic acids is 2. The summed E-state index contributed by atoms with van der Waals surface area (Å²) in [6, 6.07) is 38.9. The second-order valence-corrected chi connectivity index (χ2v) is 11.9. The molecule has 0 aliphatic carbocycles. The minimum atomic E-state index is -1.79. The van der Waals surface area contributed by atoms with E-state index in [1.165, 1.54) is 0 Å². The fraction of sp³-hybridized carbons (Fsp3) is 0.300. The zero-order chi connectivity index (χ0) is 38.7. The lowest BCUT2D eigenvalue weighted by atomic mass is 10.1. The number of hydrogen-bond acceptors (Lipinski definition) is 9. The molecular formula is C40H50N4O9. The van der Waals surface area contributed by atoms with E-state index in [4.69, 9.17) is 15.3 Å². The maximum absolute atomic E-state index is 11.9. The number of benzene rings is 4. The second kappa shape index (κ2) is 26.4. The van der Waals surface area contributed by atoms with Gasteiger partial charge in [0.15, 0.2) is 6.10 Å². The summed E-state index contributed by atoms with van der Waals surface area (Å²) in [6.45, 7) is 2.17. The maximum Gasteiger partial charge on any atom is 0.333 e. The molecule has 2 amide bonds. The average Bonchev–Trinajstić information content (AvgIpc) is 3.18. The van der Waals surface area contributed by atoms with E-state index >= 15 is 0 Å². The van der Waals surface area contributed by atoms with Crippen molar-refractivity contribution in [1.29, 1.82) is 0 Å². The Balaban J connectivity index is 0.000000300. The van der Waals surface area contributed by atoms with E-state index in [2.05, 4.69) is 21.3 Å². The molecule has 0 radical (unpaired) electrons. The van der Waals surface area contributed by atoms with E-state index in [1.807, 2.05) is 121 Å². The molecule has 284 valence electrons. The second-order valence-electron chi connectivity index (χ2n) is 11.9. The van der Waals surface area contributed by atoms with Gasteiger partial charge in [-0.05, 0) is 22.3 Å². The molecule has 9 N–H and O–H groups in total. The quantitative estimate of drug-likeness (QED) is 0.0683. The Hall–Kier alpha value is -5.44. The van der Waals surface area contributed by atoms with Gasteiger partial charge >= 0.3 is 11.9 Å². The average molecular weight is 731 g/mol. The monoisotopic (exact) mass is 730 g/mol.